The van der Waals surface area contributed by atoms with Crippen LogP contribution >= 0.6 is 24.4 Å². The SMILES string of the molecule is CC(=S)C1CC1.CO.Cc1ccc(C(=O)OCC(=O)N2CCN(c3ccc(N4C[C@H](CN)OC4=O)cc3F)CC2)cc1.Cc1ccc(C(=O)OCC(=O)N2CCN(c3ccc(N4C[C@H](CNC(=S)C5CC5)OC4=O)cc3F)CC2)cc1. The van der Waals surface area contributed by atoms with Gasteiger partial charge in [0, 0.05) is 71.9 Å². The molecule has 0 bridgehead atoms. The Bertz CT molecular complexity index is 2900. The van der Waals surface area contributed by atoms with Gasteiger partial charge < -0.3 is 54.7 Å². The number of hydrogen-bond acceptors (Lipinski definition) is 16. The molecule has 6 fully saturated rings. The number of aliphatic hydroxyl groups is 1. The second-order valence-electron chi connectivity index (χ2n) is 20.3. The first kappa shape index (κ1) is 61.3. The summed E-state index contributed by atoms with van der Waals surface area (Å²) in [6.07, 6.45) is 3.09. The number of cyclic esters (lactones) is 2. The van der Waals surface area contributed by atoms with Crippen molar-refractivity contribution in [1.82, 2.24) is 15.1 Å². The molecule has 0 unspecified atom stereocenters. The van der Waals surface area contributed by atoms with E-state index in [1.165, 1.54) is 39.6 Å². The Balaban J connectivity index is 0.000000207. The van der Waals surface area contributed by atoms with Crippen LogP contribution in [0.5, 0.6) is 0 Å². The molecule has 4 aliphatic heterocycles. The van der Waals surface area contributed by atoms with E-state index in [9.17, 15) is 33.2 Å². The summed E-state index contributed by atoms with van der Waals surface area (Å²) in [4.78, 5) is 85.4. The fourth-order valence-corrected chi connectivity index (χ4v) is 9.66. The molecule has 0 spiro atoms. The highest BCUT2D eigenvalue weighted by Crippen LogP contribution is 2.33. The van der Waals surface area contributed by atoms with Crippen LogP contribution in [0.25, 0.3) is 0 Å². The molecular formula is C58H70F2N8O11S2. The molecule has 10 rings (SSSR count). The molecule has 4 amide bonds. The normalized spacial score (nSPS) is 18.4. The Kier molecular flexibility index (Phi) is 21.9. The van der Waals surface area contributed by atoms with E-state index in [2.05, 4.69) is 5.32 Å². The minimum Gasteiger partial charge on any atom is -0.452 e. The number of esters is 2. The quantitative estimate of drug-likeness (QED) is 0.0648. The molecule has 4 N–H and O–H groups in total. The van der Waals surface area contributed by atoms with E-state index in [1.54, 1.807) is 82.6 Å². The molecule has 19 nitrogen and oxygen atoms in total. The number of nitrogens with two attached hydrogens (primary N) is 1. The van der Waals surface area contributed by atoms with Gasteiger partial charge >= 0.3 is 24.1 Å². The maximum Gasteiger partial charge on any atom is 0.414 e. The van der Waals surface area contributed by atoms with Gasteiger partial charge in [-0.1, -0.05) is 59.8 Å². The summed E-state index contributed by atoms with van der Waals surface area (Å²) in [6.45, 7) is 9.62. The molecule has 2 aliphatic carbocycles. The van der Waals surface area contributed by atoms with Gasteiger partial charge in [-0.15, -0.1) is 0 Å². The summed E-state index contributed by atoms with van der Waals surface area (Å²) < 4.78 is 50.9. The summed E-state index contributed by atoms with van der Waals surface area (Å²) >= 11 is 10.2. The monoisotopic (exact) mass is 1160 g/mol. The third kappa shape index (κ3) is 17.1. The lowest BCUT2D eigenvalue weighted by Gasteiger charge is -2.36. The van der Waals surface area contributed by atoms with Gasteiger partial charge in [-0.25, -0.2) is 28.0 Å². The number of piperazine rings is 2. The topological polar surface area (TPSA) is 217 Å². The van der Waals surface area contributed by atoms with Crippen molar-refractivity contribution in [3.05, 3.63) is 119 Å². The molecule has 6 aliphatic rings. The van der Waals surface area contributed by atoms with Crippen LogP contribution in [0.1, 0.15) is 64.4 Å². The lowest BCUT2D eigenvalue weighted by atomic mass is 10.1. The zero-order valence-corrected chi connectivity index (χ0v) is 47.6. The van der Waals surface area contributed by atoms with Gasteiger partial charge in [0.1, 0.15) is 23.8 Å². The smallest absolute Gasteiger partial charge is 0.414 e. The maximum absolute atomic E-state index is 15.1. The summed E-state index contributed by atoms with van der Waals surface area (Å²) in [5.41, 5.74) is 10.0. The highest BCUT2D eigenvalue weighted by molar-refractivity contribution is 7.80. The molecule has 2 atom stereocenters. The van der Waals surface area contributed by atoms with Crippen LogP contribution < -0.4 is 30.7 Å². The summed E-state index contributed by atoms with van der Waals surface area (Å²) in [5, 5.41) is 10.2. The van der Waals surface area contributed by atoms with Crippen molar-refractivity contribution in [2.75, 3.05) is 118 Å². The predicted molar refractivity (Wildman–Crippen MR) is 310 cm³/mol. The molecule has 4 saturated heterocycles. The second kappa shape index (κ2) is 28.9. The number of carbonyl (C=O) groups is 6. The van der Waals surface area contributed by atoms with E-state index >= 15 is 4.39 Å². The molecule has 4 aromatic carbocycles. The van der Waals surface area contributed by atoms with Crippen LogP contribution in [0.2, 0.25) is 0 Å². The molecule has 2 saturated carbocycles. The maximum atomic E-state index is 15.1. The first-order valence-corrected chi connectivity index (χ1v) is 27.8. The standard InChI is InChI=1S/C28H31FN4O5S.C24H27FN4O5.C5H8S.CH4O/c1-18-2-4-20(5-3-18)27(35)37-17-25(34)32-12-10-31(11-13-32)24-9-8-21(14-23(24)29)33-16-22(38-28(33)36)15-30-26(39)19-6-7-19;1-16-2-4-17(5-3-16)23(31)33-15-22(30)28-10-8-27(9-11-28)21-7-6-18(12-20(21)25)29-14-19(13-26)34-24(29)32;1-4(6)5-2-3-5;1-2/h2-5,8-9,14,19,22H,6-7,10-13,15-17H2,1H3,(H,30,39);2-7,12,19H,8-11,13-15,26H2,1H3;5H,2-3H2,1H3;2H,1H3/t22-;19-;;/m00../s1. The molecule has 0 radical (unpaired) electrons. The minimum atomic E-state index is -0.547. The van der Waals surface area contributed by atoms with Crippen molar-refractivity contribution in [3.8, 4) is 0 Å². The average molecular weight is 1160 g/mol. The van der Waals surface area contributed by atoms with Crippen LogP contribution in [0.15, 0.2) is 84.9 Å². The molecular weight excluding hydrogens is 1090 g/mol. The Morgan fingerprint density at radius 1 is 0.617 bits per heavy atom. The molecule has 4 aromatic rings. The van der Waals surface area contributed by atoms with Gasteiger partial charge in [0.15, 0.2) is 13.2 Å². The lowest BCUT2D eigenvalue weighted by molar-refractivity contribution is -0.135. The number of nitrogens with one attached hydrogen (secondary N) is 1. The Labute approximate surface area is 481 Å². The molecule has 0 aromatic heterocycles. The number of ether oxygens (including phenoxy) is 4. The molecule has 434 valence electrons. The van der Waals surface area contributed by atoms with Gasteiger partial charge in [0.05, 0.1) is 58.5 Å². The van der Waals surface area contributed by atoms with Gasteiger partial charge in [-0.2, -0.15) is 0 Å². The first-order chi connectivity index (χ1) is 38.9. The van der Waals surface area contributed by atoms with E-state index in [4.69, 9.17) is 54.2 Å². The fourth-order valence-electron chi connectivity index (χ4n) is 9.10. The van der Waals surface area contributed by atoms with Gasteiger partial charge in [-0.05, 0) is 118 Å². The predicted octanol–water partition coefficient (Wildman–Crippen LogP) is 6.61. The average Bonchev–Trinajstić information content (AvgIpc) is 4.58. The van der Waals surface area contributed by atoms with Gasteiger partial charge in [-0.3, -0.25) is 19.4 Å². The summed E-state index contributed by atoms with van der Waals surface area (Å²) in [6, 6.07) is 23.1. The largest absolute Gasteiger partial charge is 0.452 e. The van der Waals surface area contributed by atoms with Crippen molar-refractivity contribution < 1.29 is 61.6 Å². The van der Waals surface area contributed by atoms with E-state index in [1.807, 2.05) is 30.6 Å². The summed E-state index contributed by atoms with van der Waals surface area (Å²) in [7, 11) is 1.00. The van der Waals surface area contributed by atoms with Gasteiger partial charge in [0.2, 0.25) is 0 Å². The highest BCUT2D eigenvalue weighted by Gasteiger charge is 2.36. The number of hydrogen-bond donors (Lipinski definition) is 3. The van der Waals surface area contributed by atoms with Crippen molar-refractivity contribution in [1.29, 1.82) is 0 Å². The Morgan fingerprint density at radius 3 is 1.36 bits per heavy atom. The number of thiocarbonyl (C=S) groups is 2. The van der Waals surface area contributed by atoms with Crippen LogP contribution in [0.4, 0.5) is 41.1 Å². The molecule has 23 heteroatoms. The number of rotatable bonds is 15. The third-order valence-corrected chi connectivity index (χ3v) is 15.1. The van der Waals surface area contributed by atoms with Crippen LogP contribution in [-0.2, 0) is 28.5 Å². The number of halogens is 2. The minimum absolute atomic E-state index is 0.205. The van der Waals surface area contributed by atoms with E-state index in [0.29, 0.717) is 105 Å². The van der Waals surface area contributed by atoms with E-state index < -0.39 is 41.9 Å². The number of carbonyl (C=O) groups excluding carboxylic acids is 6. The van der Waals surface area contributed by atoms with Crippen molar-refractivity contribution in [2.45, 2.75) is 58.7 Å². The van der Waals surface area contributed by atoms with Crippen LogP contribution in [-0.4, -0.2) is 172 Å². The zero-order valence-electron chi connectivity index (χ0n) is 46.0. The number of anilines is 4. The number of aryl methyl sites for hydroxylation is 2. The van der Waals surface area contributed by atoms with Gasteiger partial charge in [0.25, 0.3) is 11.8 Å². The second-order valence-corrected chi connectivity index (χ2v) is 21.3. The Hall–Kier alpha value is -7.34. The van der Waals surface area contributed by atoms with Crippen LogP contribution in [0.3, 0.4) is 0 Å². The van der Waals surface area contributed by atoms with Crippen molar-refractivity contribution >= 4 is 93.0 Å². The fraction of sp³-hybridized carbons (Fsp3) is 0.448. The highest BCUT2D eigenvalue weighted by atomic mass is 32.1. The third-order valence-electron chi connectivity index (χ3n) is 14.3. The number of benzene rings is 4. The summed E-state index contributed by atoms with van der Waals surface area (Å²) in [5.74, 6) is -1.32. The van der Waals surface area contributed by atoms with E-state index in [0.717, 1.165) is 42.0 Å². The Morgan fingerprint density at radius 2 is 1.01 bits per heavy atom. The number of aliphatic hydroxyl groups excluding tert-OH is 1. The zero-order chi connectivity index (χ0) is 58.3. The first-order valence-electron chi connectivity index (χ1n) is 27.0. The molecule has 4 heterocycles. The van der Waals surface area contributed by atoms with E-state index in [-0.39, 0.29) is 44.2 Å². The van der Waals surface area contributed by atoms with Crippen molar-refractivity contribution in [2.24, 2.45) is 17.6 Å². The van der Waals surface area contributed by atoms with Crippen molar-refractivity contribution in [3.63, 3.8) is 0 Å². The lowest BCUT2D eigenvalue weighted by Crippen LogP contribution is -2.50. The number of amides is 4. The number of nitrogens with zero attached hydrogens (tertiary/aromatic N) is 6. The molecule has 81 heavy (non-hydrogen) atoms. The van der Waals surface area contributed by atoms with Crippen LogP contribution in [0, 0.1) is 37.3 Å².